The topological polar surface area (TPSA) is 91.2 Å². The molecule has 1 aliphatic rings. The summed E-state index contributed by atoms with van der Waals surface area (Å²) in [6.45, 7) is 6.66. The smallest absolute Gasteiger partial charge is 0.277 e. The summed E-state index contributed by atoms with van der Waals surface area (Å²) >= 11 is 0. The summed E-state index contributed by atoms with van der Waals surface area (Å²) < 4.78 is 5.66. The van der Waals surface area contributed by atoms with Crippen molar-refractivity contribution in [2.45, 2.75) is 33.6 Å². The van der Waals surface area contributed by atoms with Crippen molar-refractivity contribution >= 4 is 28.3 Å². The maximum absolute atomic E-state index is 12.7. The van der Waals surface area contributed by atoms with Gasteiger partial charge in [-0.2, -0.15) is 5.10 Å². The average Bonchev–Trinajstić information content (AvgIpc) is 2.95. The lowest BCUT2D eigenvalue weighted by Crippen LogP contribution is -2.36. The number of anilines is 2. The summed E-state index contributed by atoms with van der Waals surface area (Å²) in [5.41, 5.74) is 3.88. The van der Waals surface area contributed by atoms with Gasteiger partial charge in [0.05, 0.1) is 17.6 Å². The van der Waals surface area contributed by atoms with Crippen molar-refractivity contribution in [1.29, 1.82) is 0 Å². The fourth-order valence-electron chi connectivity index (χ4n) is 3.84. The highest BCUT2D eigenvalue weighted by molar-refractivity contribution is 6.02. The van der Waals surface area contributed by atoms with Gasteiger partial charge in [-0.15, -0.1) is 0 Å². The fraction of sp³-hybridized carbons (Fsp3) is 0.350. The van der Waals surface area contributed by atoms with Gasteiger partial charge in [0.1, 0.15) is 11.1 Å². The third kappa shape index (κ3) is 3.09. The number of aromatic amines is 1. The Morgan fingerprint density at radius 3 is 2.93 bits per heavy atom. The normalized spacial score (nSPS) is 13.7. The van der Waals surface area contributed by atoms with Gasteiger partial charge in [-0.25, -0.2) is 5.10 Å². The number of benzene rings is 1. The first-order chi connectivity index (χ1) is 12.9. The van der Waals surface area contributed by atoms with E-state index >= 15 is 0 Å². The molecule has 140 valence electrons. The highest BCUT2D eigenvalue weighted by atomic mass is 16.4. The number of furan rings is 1. The van der Waals surface area contributed by atoms with Gasteiger partial charge in [0.25, 0.3) is 5.56 Å². The van der Waals surface area contributed by atoms with Gasteiger partial charge in [-0.1, -0.05) is 17.7 Å². The van der Waals surface area contributed by atoms with Crippen LogP contribution in [0.4, 0.5) is 11.6 Å². The highest BCUT2D eigenvalue weighted by Crippen LogP contribution is 2.30. The van der Waals surface area contributed by atoms with Gasteiger partial charge in [0, 0.05) is 12.2 Å². The van der Waals surface area contributed by atoms with Crippen molar-refractivity contribution in [2.75, 3.05) is 23.3 Å². The number of aryl methyl sites for hydroxylation is 4. The molecule has 2 N–H and O–H groups in total. The molecule has 0 fully saturated rings. The Morgan fingerprint density at radius 1 is 1.30 bits per heavy atom. The zero-order chi connectivity index (χ0) is 19.1. The lowest BCUT2D eigenvalue weighted by atomic mass is 9.99. The van der Waals surface area contributed by atoms with Gasteiger partial charge < -0.3 is 9.32 Å². The zero-order valence-electron chi connectivity index (χ0n) is 15.7. The second-order valence-corrected chi connectivity index (χ2v) is 7.08. The molecule has 3 heterocycles. The van der Waals surface area contributed by atoms with Crippen LogP contribution in [-0.4, -0.2) is 29.2 Å². The highest BCUT2D eigenvalue weighted by Gasteiger charge is 2.22. The minimum atomic E-state index is -0.374. The summed E-state index contributed by atoms with van der Waals surface area (Å²) in [7, 11) is 0. The van der Waals surface area contributed by atoms with E-state index in [1.807, 2.05) is 0 Å². The van der Waals surface area contributed by atoms with Gasteiger partial charge in [0.2, 0.25) is 11.8 Å². The van der Waals surface area contributed by atoms with Crippen molar-refractivity contribution < 1.29 is 9.21 Å². The summed E-state index contributed by atoms with van der Waals surface area (Å²) in [6.07, 6.45) is 2.04. The molecule has 0 atom stereocenters. The molecule has 27 heavy (non-hydrogen) atoms. The lowest BCUT2D eigenvalue weighted by Gasteiger charge is -2.30. The number of aromatic nitrogens is 2. The van der Waals surface area contributed by atoms with Crippen molar-refractivity contribution in [2.24, 2.45) is 0 Å². The van der Waals surface area contributed by atoms with Crippen LogP contribution in [0.15, 0.2) is 27.4 Å². The number of hydrogen-bond donors (Lipinski definition) is 2. The van der Waals surface area contributed by atoms with Gasteiger partial charge >= 0.3 is 0 Å². The van der Waals surface area contributed by atoms with Gasteiger partial charge in [-0.3, -0.25) is 14.9 Å². The Kier molecular flexibility index (Phi) is 4.22. The molecule has 0 aliphatic carbocycles. The number of amides is 1. The standard InChI is InChI=1S/C20H22N4O3/c1-11-6-7-15-14(9-11)5-4-8-24(15)10-16(25)21-20-18-17(13(3)27-20)12(2)22-23-19(18)26/h6-7,9H,4-5,8,10H2,1-3H3,(H,21,25)(H,23,26). The van der Waals surface area contributed by atoms with Crippen LogP contribution in [0.2, 0.25) is 0 Å². The molecule has 3 aromatic rings. The van der Waals surface area contributed by atoms with Crippen molar-refractivity contribution in [3.63, 3.8) is 0 Å². The first kappa shape index (κ1) is 17.3. The minimum absolute atomic E-state index is 0.181. The third-order valence-electron chi connectivity index (χ3n) is 5.04. The molecular formula is C20H22N4O3. The fourth-order valence-corrected chi connectivity index (χ4v) is 3.84. The van der Waals surface area contributed by atoms with E-state index in [1.54, 1.807) is 13.8 Å². The van der Waals surface area contributed by atoms with E-state index < -0.39 is 0 Å². The predicted octanol–water partition coefficient (Wildman–Crippen LogP) is 2.83. The van der Waals surface area contributed by atoms with E-state index in [1.165, 1.54) is 11.1 Å². The molecule has 0 unspecified atom stereocenters. The SMILES string of the molecule is Cc1ccc2c(c1)CCCN2CC(=O)Nc1oc(C)c2c(C)n[nH]c(=O)c12. The van der Waals surface area contributed by atoms with E-state index in [0.29, 0.717) is 22.2 Å². The van der Waals surface area contributed by atoms with Crippen LogP contribution < -0.4 is 15.8 Å². The largest absolute Gasteiger partial charge is 0.444 e. The van der Waals surface area contributed by atoms with Crippen molar-refractivity contribution in [1.82, 2.24) is 10.2 Å². The van der Waals surface area contributed by atoms with E-state index in [4.69, 9.17) is 4.42 Å². The zero-order valence-corrected chi connectivity index (χ0v) is 15.7. The molecule has 0 spiro atoms. The molecule has 4 rings (SSSR count). The Balaban J connectivity index is 1.59. The maximum atomic E-state index is 12.7. The van der Waals surface area contributed by atoms with E-state index in [-0.39, 0.29) is 23.9 Å². The summed E-state index contributed by atoms with van der Waals surface area (Å²) in [4.78, 5) is 26.9. The molecule has 0 saturated heterocycles. The number of H-pyrrole nitrogens is 1. The monoisotopic (exact) mass is 366 g/mol. The van der Waals surface area contributed by atoms with E-state index in [0.717, 1.165) is 25.1 Å². The minimum Gasteiger partial charge on any atom is -0.444 e. The summed E-state index contributed by atoms with van der Waals surface area (Å²) in [5, 5.41) is 10.2. The van der Waals surface area contributed by atoms with Gasteiger partial charge in [-0.05, 0) is 45.2 Å². The van der Waals surface area contributed by atoms with Crippen LogP contribution >= 0.6 is 0 Å². The Hall–Kier alpha value is -3.09. The first-order valence-electron chi connectivity index (χ1n) is 9.06. The van der Waals surface area contributed by atoms with Crippen LogP contribution in [0.1, 0.15) is 29.0 Å². The molecule has 2 aromatic heterocycles. The molecule has 0 radical (unpaired) electrons. The quantitative estimate of drug-likeness (QED) is 0.744. The first-order valence-corrected chi connectivity index (χ1v) is 9.06. The Morgan fingerprint density at radius 2 is 2.11 bits per heavy atom. The molecule has 7 heteroatoms. The average molecular weight is 366 g/mol. The van der Waals surface area contributed by atoms with Crippen LogP contribution in [0.25, 0.3) is 10.8 Å². The summed E-state index contributed by atoms with van der Waals surface area (Å²) in [5.74, 6) is 0.531. The molecule has 1 aromatic carbocycles. The van der Waals surface area contributed by atoms with E-state index in [2.05, 4.69) is 45.5 Å². The molecule has 1 amide bonds. The van der Waals surface area contributed by atoms with E-state index in [9.17, 15) is 9.59 Å². The molecule has 0 saturated carbocycles. The van der Waals surface area contributed by atoms with Crippen LogP contribution in [0.3, 0.4) is 0 Å². The molecule has 7 nitrogen and oxygen atoms in total. The van der Waals surface area contributed by atoms with Crippen molar-refractivity contribution in [3.05, 3.63) is 51.1 Å². The summed E-state index contributed by atoms with van der Waals surface area (Å²) in [6, 6.07) is 6.31. The maximum Gasteiger partial charge on any atom is 0.277 e. The number of hydrogen-bond acceptors (Lipinski definition) is 5. The van der Waals surface area contributed by atoms with Crippen molar-refractivity contribution in [3.8, 4) is 0 Å². The number of rotatable bonds is 3. The number of nitrogens with zero attached hydrogens (tertiary/aromatic N) is 2. The number of fused-ring (bicyclic) bond motifs is 2. The second kappa shape index (κ2) is 6.57. The van der Waals surface area contributed by atoms with Crippen LogP contribution in [0.5, 0.6) is 0 Å². The number of carbonyl (C=O) groups is 1. The number of carbonyl (C=O) groups excluding carboxylic acids is 1. The Labute approximate surface area is 156 Å². The molecule has 1 aliphatic heterocycles. The Bertz CT molecular complexity index is 1100. The van der Waals surface area contributed by atoms with Gasteiger partial charge in [0.15, 0.2) is 0 Å². The predicted molar refractivity (Wildman–Crippen MR) is 104 cm³/mol. The number of nitrogens with one attached hydrogen (secondary N) is 2. The molecule has 0 bridgehead atoms. The van der Waals surface area contributed by atoms with Crippen LogP contribution in [0, 0.1) is 20.8 Å². The molecular weight excluding hydrogens is 344 g/mol. The lowest BCUT2D eigenvalue weighted by molar-refractivity contribution is -0.115. The third-order valence-corrected chi connectivity index (χ3v) is 5.04. The van der Waals surface area contributed by atoms with Crippen LogP contribution in [-0.2, 0) is 11.2 Å². The second-order valence-electron chi connectivity index (χ2n) is 7.08.